The second-order valence-electron chi connectivity index (χ2n) is 10.7. The minimum Gasteiger partial charge on any atom is -0.497 e. The normalized spacial score (nSPS) is 18.1. The monoisotopic (exact) mass is 516 g/mol. The van der Waals surface area contributed by atoms with E-state index >= 15 is 0 Å². The van der Waals surface area contributed by atoms with Crippen LogP contribution in [-0.4, -0.2) is 97.1 Å². The lowest BCUT2D eigenvalue weighted by atomic mass is 9.96. The highest BCUT2D eigenvalue weighted by Crippen LogP contribution is 2.33. The Morgan fingerprint density at radius 2 is 1.79 bits per heavy atom. The van der Waals surface area contributed by atoms with Crippen LogP contribution in [0.4, 0.5) is 5.69 Å². The van der Waals surface area contributed by atoms with Gasteiger partial charge in [0.1, 0.15) is 11.6 Å². The third-order valence-corrected chi connectivity index (χ3v) is 7.94. The molecular weight excluding hydrogens is 476 g/mol. The van der Waals surface area contributed by atoms with Crippen molar-refractivity contribution in [3.63, 3.8) is 0 Å². The molecule has 2 fully saturated rings. The standard InChI is InChI=1S/C30H40N6O2/c1-4-29-31-10-7-27(32-29)24-17-23-5-6-25(38-3)19-26(23)28(18-24)33-30(37)21-36-15-13-35(14-16-36)20-22-8-11-34(2)12-9-22/h5-7,10,17-19,22H,4,8-9,11-16,20-21H2,1-3H3,(H,33,37). The molecule has 1 aromatic heterocycles. The summed E-state index contributed by atoms with van der Waals surface area (Å²) in [6, 6.07) is 12.0. The fourth-order valence-corrected chi connectivity index (χ4v) is 5.58. The summed E-state index contributed by atoms with van der Waals surface area (Å²) >= 11 is 0. The molecule has 38 heavy (non-hydrogen) atoms. The fraction of sp³-hybridized carbons (Fsp3) is 0.500. The van der Waals surface area contributed by atoms with Crippen molar-refractivity contribution in [1.82, 2.24) is 24.7 Å². The molecule has 1 N–H and O–H groups in total. The number of methoxy groups -OCH3 is 1. The predicted molar refractivity (Wildman–Crippen MR) is 153 cm³/mol. The fourth-order valence-electron chi connectivity index (χ4n) is 5.58. The van der Waals surface area contributed by atoms with Crippen LogP contribution in [0.5, 0.6) is 5.75 Å². The average molecular weight is 517 g/mol. The van der Waals surface area contributed by atoms with Gasteiger partial charge in [0.05, 0.1) is 19.3 Å². The topological polar surface area (TPSA) is 73.8 Å². The van der Waals surface area contributed by atoms with Crippen LogP contribution in [0.1, 0.15) is 25.6 Å². The number of piperidine rings is 1. The molecule has 1 amide bonds. The molecule has 202 valence electrons. The summed E-state index contributed by atoms with van der Waals surface area (Å²) in [5.41, 5.74) is 2.59. The Morgan fingerprint density at radius 1 is 1.03 bits per heavy atom. The highest BCUT2D eigenvalue weighted by molar-refractivity contribution is 6.05. The van der Waals surface area contributed by atoms with Crippen LogP contribution >= 0.6 is 0 Å². The molecule has 3 heterocycles. The Labute approximate surface area is 226 Å². The van der Waals surface area contributed by atoms with Crippen LogP contribution in [0.15, 0.2) is 42.6 Å². The van der Waals surface area contributed by atoms with E-state index in [0.717, 1.165) is 77.8 Å². The van der Waals surface area contributed by atoms with E-state index in [0.29, 0.717) is 6.54 Å². The number of aromatic nitrogens is 2. The first-order valence-electron chi connectivity index (χ1n) is 13.9. The van der Waals surface area contributed by atoms with Crippen LogP contribution in [0, 0.1) is 5.92 Å². The summed E-state index contributed by atoms with van der Waals surface area (Å²) in [4.78, 5) is 29.6. The van der Waals surface area contributed by atoms with Crippen molar-refractivity contribution < 1.29 is 9.53 Å². The highest BCUT2D eigenvalue weighted by atomic mass is 16.5. The maximum absolute atomic E-state index is 13.2. The summed E-state index contributed by atoms with van der Waals surface area (Å²) < 4.78 is 5.47. The number of nitrogens with zero attached hydrogens (tertiary/aromatic N) is 5. The molecular formula is C30H40N6O2. The van der Waals surface area contributed by atoms with Crippen molar-refractivity contribution >= 4 is 22.4 Å². The van der Waals surface area contributed by atoms with Gasteiger partial charge in [-0.15, -0.1) is 0 Å². The first-order chi connectivity index (χ1) is 18.5. The molecule has 8 nitrogen and oxygen atoms in total. The van der Waals surface area contributed by atoms with E-state index in [-0.39, 0.29) is 5.91 Å². The van der Waals surface area contributed by atoms with Crippen LogP contribution in [0.3, 0.4) is 0 Å². The number of piperazine rings is 1. The summed E-state index contributed by atoms with van der Waals surface area (Å²) in [6.45, 7) is 9.97. The van der Waals surface area contributed by atoms with Gasteiger partial charge in [-0.3, -0.25) is 9.69 Å². The maximum atomic E-state index is 13.2. The molecule has 2 saturated heterocycles. The molecule has 2 aromatic carbocycles. The molecule has 0 radical (unpaired) electrons. The number of rotatable bonds is 8. The van der Waals surface area contributed by atoms with Crippen molar-refractivity contribution in [3.05, 3.63) is 48.4 Å². The van der Waals surface area contributed by atoms with Crippen molar-refractivity contribution in [2.45, 2.75) is 26.2 Å². The Kier molecular flexibility index (Phi) is 8.51. The minimum absolute atomic E-state index is 0.00646. The minimum atomic E-state index is 0.00646. The zero-order valence-electron chi connectivity index (χ0n) is 22.9. The molecule has 0 atom stereocenters. The molecule has 2 aliphatic rings. The average Bonchev–Trinajstić information content (AvgIpc) is 2.95. The number of likely N-dealkylation sites (tertiary alicyclic amines) is 1. The number of fused-ring (bicyclic) bond motifs is 1. The number of hydrogen-bond acceptors (Lipinski definition) is 7. The zero-order valence-corrected chi connectivity index (χ0v) is 22.9. The van der Waals surface area contributed by atoms with Crippen LogP contribution in [0.25, 0.3) is 22.0 Å². The van der Waals surface area contributed by atoms with Gasteiger partial charge in [0.2, 0.25) is 5.91 Å². The number of carbonyl (C=O) groups is 1. The van der Waals surface area contributed by atoms with Gasteiger partial charge in [-0.2, -0.15) is 0 Å². The number of ether oxygens (including phenoxy) is 1. The van der Waals surface area contributed by atoms with E-state index in [1.54, 1.807) is 13.3 Å². The lowest BCUT2D eigenvalue weighted by Gasteiger charge is -2.38. The van der Waals surface area contributed by atoms with Crippen LogP contribution in [-0.2, 0) is 11.2 Å². The second-order valence-corrected chi connectivity index (χ2v) is 10.7. The molecule has 2 aliphatic heterocycles. The lowest BCUT2D eigenvalue weighted by molar-refractivity contribution is -0.117. The zero-order chi connectivity index (χ0) is 26.5. The van der Waals surface area contributed by atoms with Gasteiger partial charge in [-0.25, -0.2) is 9.97 Å². The van der Waals surface area contributed by atoms with Gasteiger partial charge in [0.25, 0.3) is 0 Å². The summed E-state index contributed by atoms with van der Waals surface area (Å²) in [7, 11) is 3.88. The summed E-state index contributed by atoms with van der Waals surface area (Å²) in [5, 5.41) is 5.18. The number of carbonyl (C=O) groups excluding carboxylic acids is 1. The van der Waals surface area contributed by atoms with Crippen molar-refractivity contribution in [1.29, 1.82) is 0 Å². The predicted octanol–water partition coefficient (Wildman–Crippen LogP) is 3.77. The van der Waals surface area contributed by atoms with Gasteiger partial charge in [0.15, 0.2) is 0 Å². The maximum Gasteiger partial charge on any atom is 0.238 e. The number of aryl methyl sites for hydroxylation is 1. The number of nitrogens with one attached hydrogen (secondary N) is 1. The van der Waals surface area contributed by atoms with Gasteiger partial charge >= 0.3 is 0 Å². The molecule has 5 rings (SSSR count). The van der Waals surface area contributed by atoms with E-state index in [4.69, 9.17) is 9.72 Å². The Bertz CT molecular complexity index is 1250. The molecule has 0 saturated carbocycles. The SMILES string of the molecule is CCc1nccc(-c2cc(NC(=O)CN3CCN(CC4CCN(C)CC4)CC3)c3cc(OC)ccc3c2)n1. The molecule has 8 heteroatoms. The van der Waals surface area contributed by atoms with Gasteiger partial charge in [-0.05, 0) is 74.6 Å². The first kappa shape index (κ1) is 26.5. The van der Waals surface area contributed by atoms with Crippen molar-refractivity contribution in [2.75, 3.05) is 71.8 Å². The first-order valence-corrected chi connectivity index (χ1v) is 13.9. The number of anilines is 1. The summed E-state index contributed by atoms with van der Waals surface area (Å²) in [6.07, 6.45) is 5.16. The van der Waals surface area contributed by atoms with Crippen LogP contribution < -0.4 is 10.1 Å². The number of amides is 1. The molecule has 3 aromatic rings. The molecule has 0 unspecified atom stereocenters. The third kappa shape index (κ3) is 6.49. The van der Waals surface area contributed by atoms with Gasteiger partial charge < -0.3 is 19.9 Å². The highest BCUT2D eigenvalue weighted by Gasteiger charge is 2.24. The van der Waals surface area contributed by atoms with Crippen LogP contribution in [0.2, 0.25) is 0 Å². The van der Waals surface area contributed by atoms with Crippen molar-refractivity contribution in [3.8, 4) is 17.0 Å². The Balaban J connectivity index is 1.26. The Hall–Kier alpha value is -3.07. The largest absolute Gasteiger partial charge is 0.497 e. The number of hydrogen-bond donors (Lipinski definition) is 1. The summed E-state index contributed by atoms with van der Waals surface area (Å²) in [5.74, 6) is 2.38. The molecule has 0 bridgehead atoms. The lowest BCUT2D eigenvalue weighted by Crippen LogP contribution is -2.50. The Morgan fingerprint density at radius 3 is 2.53 bits per heavy atom. The third-order valence-electron chi connectivity index (χ3n) is 7.94. The molecule has 0 aliphatic carbocycles. The van der Waals surface area contributed by atoms with E-state index in [1.165, 1.54) is 32.5 Å². The smallest absolute Gasteiger partial charge is 0.238 e. The van der Waals surface area contributed by atoms with E-state index < -0.39 is 0 Å². The van der Waals surface area contributed by atoms with E-state index in [1.807, 2.05) is 37.3 Å². The quantitative estimate of drug-likeness (QED) is 0.489. The van der Waals surface area contributed by atoms with E-state index in [2.05, 4.69) is 38.1 Å². The van der Waals surface area contributed by atoms with E-state index in [9.17, 15) is 4.79 Å². The van der Waals surface area contributed by atoms with Gasteiger partial charge in [-0.1, -0.05) is 13.0 Å². The molecule has 0 spiro atoms. The van der Waals surface area contributed by atoms with Gasteiger partial charge in [0, 0.05) is 62.0 Å². The number of benzene rings is 2. The second kappa shape index (κ2) is 12.2. The van der Waals surface area contributed by atoms with Crippen molar-refractivity contribution in [2.24, 2.45) is 5.92 Å².